The van der Waals surface area contributed by atoms with Gasteiger partial charge in [0, 0.05) is 28.0 Å². The summed E-state index contributed by atoms with van der Waals surface area (Å²) in [5.41, 5.74) is 3.21. The van der Waals surface area contributed by atoms with Gasteiger partial charge >= 0.3 is 0 Å². The summed E-state index contributed by atoms with van der Waals surface area (Å²) in [6.07, 6.45) is 0. The maximum atomic E-state index is 12.4. The van der Waals surface area contributed by atoms with Crippen molar-refractivity contribution in [2.45, 2.75) is 47.2 Å². The fourth-order valence-corrected chi connectivity index (χ4v) is 3.44. The van der Waals surface area contributed by atoms with Crippen LogP contribution in [0.4, 0.5) is 5.69 Å². The van der Waals surface area contributed by atoms with E-state index in [2.05, 4.69) is 56.1 Å². The summed E-state index contributed by atoms with van der Waals surface area (Å²) in [5.74, 6) is 0.0407. The van der Waals surface area contributed by atoms with Crippen LogP contribution in [0, 0.1) is 20.8 Å². The minimum atomic E-state index is 0.0407. The molecule has 0 aliphatic heterocycles. The third-order valence-corrected chi connectivity index (χ3v) is 4.87. The lowest BCUT2D eigenvalue weighted by molar-refractivity contribution is -0.117. The molecule has 0 fully saturated rings. The maximum absolute atomic E-state index is 12.4. The number of amides is 1. The molecular formula is C19H26N2OS. The number of carbonyl (C=O) groups is 1. The van der Waals surface area contributed by atoms with E-state index in [-0.39, 0.29) is 5.91 Å². The average molecular weight is 330 g/mol. The molecule has 1 aromatic carbocycles. The molecule has 0 spiro atoms. The third-order valence-electron chi connectivity index (χ3n) is 3.89. The monoisotopic (exact) mass is 330 g/mol. The summed E-state index contributed by atoms with van der Waals surface area (Å²) < 4.78 is 0. The van der Waals surface area contributed by atoms with Crippen molar-refractivity contribution in [3.63, 3.8) is 0 Å². The Bertz CT molecular complexity index is 676. The standard InChI is InChI=1S/C19H26N2OS/c1-13(2)21(11-17-8-7-16(5)23-17)12-19(22)20-18-9-6-14(3)10-15(18)4/h6-10,13H,11-12H2,1-5H3,(H,20,22). The maximum Gasteiger partial charge on any atom is 0.238 e. The van der Waals surface area contributed by atoms with Gasteiger partial charge in [0.2, 0.25) is 5.91 Å². The van der Waals surface area contributed by atoms with Gasteiger partial charge in [-0.1, -0.05) is 17.7 Å². The van der Waals surface area contributed by atoms with Gasteiger partial charge in [0.15, 0.2) is 0 Å². The fourth-order valence-electron chi connectivity index (χ4n) is 2.52. The molecule has 2 aromatic rings. The highest BCUT2D eigenvalue weighted by atomic mass is 32.1. The third kappa shape index (κ3) is 5.19. The number of aryl methyl sites for hydroxylation is 3. The average Bonchev–Trinajstić information content (AvgIpc) is 2.86. The molecule has 3 nitrogen and oxygen atoms in total. The zero-order valence-electron chi connectivity index (χ0n) is 14.6. The molecule has 0 aliphatic rings. The highest BCUT2D eigenvalue weighted by Crippen LogP contribution is 2.19. The number of carbonyl (C=O) groups excluding carboxylic acids is 1. The summed E-state index contributed by atoms with van der Waals surface area (Å²) in [6, 6.07) is 10.7. The minimum Gasteiger partial charge on any atom is -0.325 e. The first kappa shape index (κ1) is 17.7. The Morgan fingerprint density at radius 2 is 1.91 bits per heavy atom. The normalized spacial score (nSPS) is 11.3. The van der Waals surface area contributed by atoms with Crippen molar-refractivity contribution in [3.8, 4) is 0 Å². The van der Waals surface area contributed by atoms with Gasteiger partial charge in [0.05, 0.1) is 6.54 Å². The van der Waals surface area contributed by atoms with Crippen LogP contribution < -0.4 is 5.32 Å². The number of rotatable bonds is 6. The lowest BCUT2D eigenvalue weighted by Gasteiger charge is -2.25. The number of nitrogens with one attached hydrogen (secondary N) is 1. The van der Waals surface area contributed by atoms with E-state index in [0.29, 0.717) is 12.6 Å². The van der Waals surface area contributed by atoms with Gasteiger partial charge in [-0.2, -0.15) is 0 Å². The van der Waals surface area contributed by atoms with Gasteiger partial charge in [-0.15, -0.1) is 11.3 Å². The van der Waals surface area contributed by atoms with Gasteiger partial charge in [-0.05, 0) is 58.4 Å². The van der Waals surface area contributed by atoms with Gasteiger partial charge < -0.3 is 5.32 Å². The summed E-state index contributed by atoms with van der Waals surface area (Å²) in [6.45, 7) is 11.7. The van der Waals surface area contributed by atoms with Crippen molar-refractivity contribution >= 4 is 22.9 Å². The minimum absolute atomic E-state index is 0.0407. The second-order valence-electron chi connectivity index (χ2n) is 6.38. The fraction of sp³-hybridized carbons (Fsp3) is 0.421. The quantitative estimate of drug-likeness (QED) is 0.844. The van der Waals surface area contributed by atoms with Crippen molar-refractivity contribution in [2.75, 3.05) is 11.9 Å². The first-order chi connectivity index (χ1) is 10.8. The molecule has 0 unspecified atom stereocenters. The van der Waals surface area contributed by atoms with E-state index in [1.807, 2.05) is 19.1 Å². The lowest BCUT2D eigenvalue weighted by Crippen LogP contribution is -2.37. The van der Waals surface area contributed by atoms with Gasteiger partial charge in [-0.25, -0.2) is 0 Å². The number of benzene rings is 1. The molecule has 0 saturated carbocycles. The van der Waals surface area contributed by atoms with Crippen LogP contribution >= 0.6 is 11.3 Å². The first-order valence-corrected chi connectivity index (χ1v) is 8.83. The number of thiophene rings is 1. The van der Waals surface area contributed by atoms with Crippen molar-refractivity contribution < 1.29 is 4.79 Å². The molecule has 0 bridgehead atoms. The Balaban J connectivity index is 2.00. The number of nitrogens with zero attached hydrogens (tertiary/aromatic N) is 1. The zero-order chi connectivity index (χ0) is 17.0. The second-order valence-corrected chi connectivity index (χ2v) is 7.75. The molecular weight excluding hydrogens is 304 g/mol. The zero-order valence-corrected chi connectivity index (χ0v) is 15.5. The van der Waals surface area contributed by atoms with E-state index in [1.165, 1.54) is 15.3 Å². The van der Waals surface area contributed by atoms with E-state index in [4.69, 9.17) is 0 Å². The molecule has 4 heteroatoms. The van der Waals surface area contributed by atoms with Crippen LogP contribution in [-0.4, -0.2) is 23.4 Å². The smallest absolute Gasteiger partial charge is 0.238 e. The van der Waals surface area contributed by atoms with Crippen molar-refractivity contribution in [2.24, 2.45) is 0 Å². The summed E-state index contributed by atoms with van der Waals surface area (Å²) in [4.78, 5) is 17.2. The van der Waals surface area contributed by atoms with Crippen LogP contribution in [-0.2, 0) is 11.3 Å². The number of anilines is 1. The summed E-state index contributed by atoms with van der Waals surface area (Å²) >= 11 is 1.80. The second kappa shape index (κ2) is 7.75. The Morgan fingerprint density at radius 3 is 2.48 bits per heavy atom. The topological polar surface area (TPSA) is 32.3 Å². The molecule has 1 N–H and O–H groups in total. The van der Waals surface area contributed by atoms with Gasteiger partial charge in [0.25, 0.3) is 0 Å². The van der Waals surface area contributed by atoms with Crippen molar-refractivity contribution in [1.29, 1.82) is 0 Å². The van der Waals surface area contributed by atoms with Gasteiger partial charge in [0.1, 0.15) is 0 Å². The first-order valence-electron chi connectivity index (χ1n) is 8.01. The van der Waals surface area contributed by atoms with E-state index in [1.54, 1.807) is 11.3 Å². The molecule has 1 heterocycles. The van der Waals surface area contributed by atoms with E-state index >= 15 is 0 Å². The van der Waals surface area contributed by atoms with Crippen LogP contribution in [0.1, 0.15) is 34.7 Å². The van der Waals surface area contributed by atoms with Crippen molar-refractivity contribution in [3.05, 3.63) is 51.2 Å². The van der Waals surface area contributed by atoms with Crippen LogP contribution in [0.15, 0.2) is 30.3 Å². The molecule has 0 radical (unpaired) electrons. The van der Waals surface area contributed by atoms with E-state index in [0.717, 1.165) is 17.8 Å². The highest BCUT2D eigenvalue weighted by Gasteiger charge is 2.16. The molecule has 124 valence electrons. The molecule has 1 amide bonds. The Labute approximate surface area is 143 Å². The van der Waals surface area contributed by atoms with Gasteiger partial charge in [-0.3, -0.25) is 9.69 Å². The molecule has 0 aliphatic carbocycles. The molecule has 1 aromatic heterocycles. The molecule has 0 atom stereocenters. The highest BCUT2D eigenvalue weighted by molar-refractivity contribution is 7.11. The number of hydrogen-bond acceptors (Lipinski definition) is 3. The largest absolute Gasteiger partial charge is 0.325 e. The predicted octanol–water partition coefficient (Wildman–Crippen LogP) is 4.52. The Kier molecular flexibility index (Phi) is 5.97. The molecule has 0 saturated heterocycles. The lowest BCUT2D eigenvalue weighted by atomic mass is 10.1. The van der Waals surface area contributed by atoms with Crippen LogP contribution in [0.5, 0.6) is 0 Å². The molecule has 2 rings (SSSR count). The predicted molar refractivity (Wildman–Crippen MR) is 99.1 cm³/mol. The van der Waals surface area contributed by atoms with Crippen LogP contribution in [0.3, 0.4) is 0 Å². The Hall–Kier alpha value is -1.65. The summed E-state index contributed by atoms with van der Waals surface area (Å²) in [5, 5.41) is 3.04. The van der Waals surface area contributed by atoms with E-state index < -0.39 is 0 Å². The van der Waals surface area contributed by atoms with E-state index in [9.17, 15) is 4.79 Å². The van der Waals surface area contributed by atoms with Crippen molar-refractivity contribution in [1.82, 2.24) is 4.90 Å². The molecule has 23 heavy (non-hydrogen) atoms. The van der Waals surface area contributed by atoms with Crippen LogP contribution in [0.25, 0.3) is 0 Å². The van der Waals surface area contributed by atoms with Crippen LogP contribution in [0.2, 0.25) is 0 Å². The Morgan fingerprint density at radius 1 is 1.17 bits per heavy atom. The SMILES string of the molecule is Cc1ccc(NC(=O)CN(Cc2ccc(C)s2)C(C)C)c(C)c1. The number of hydrogen-bond donors (Lipinski definition) is 1. The summed E-state index contributed by atoms with van der Waals surface area (Å²) in [7, 11) is 0.